The lowest BCUT2D eigenvalue weighted by molar-refractivity contribution is 0.0572. The Balaban J connectivity index is 2.41. The van der Waals surface area contributed by atoms with Crippen LogP contribution in [-0.2, 0) is 10.0 Å². The van der Waals surface area contributed by atoms with Crippen molar-refractivity contribution in [3.63, 3.8) is 0 Å². The van der Waals surface area contributed by atoms with Crippen molar-refractivity contribution >= 4 is 15.7 Å². The topological polar surface area (TPSA) is 104 Å². The van der Waals surface area contributed by atoms with Crippen molar-refractivity contribution in [3.8, 4) is 0 Å². The predicted molar refractivity (Wildman–Crippen MR) is 66.4 cm³/mol. The van der Waals surface area contributed by atoms with Crippen molar-refractivity contribution in [1.82, 2.24) is 4.31 Å². The molecule has 1 saturated heterocycles. The van der Waals surface area contributed by atoms with Crippen molar-refractivity contribution in [2.45, 2.75) is 24.0 Å². The molecule has 7 heteroatoms. The van der Waals surface area contributed by atoms with Crippen LogP contribution in [0, 0.1) is 6.92 Å². The van der Waals surface area contributed by atoms with E-state index in [-0.39, 0.29) is 18.0 Å². The number of benzene rings is 1. The van der Waals surface area contributed by atoms with Gasteiger partial charge in [0, 0.05) is 18.8 Å². The third-order valence-corrected chi connectivity index (χ3v) is 5.15. The van der Waals surface area contributed by atoms with Crippen LogP contribution in [0.5, 0.6) is 0 Å². The fourth-order valence-corrected chi connectivity index (χ4v) is 3.71. The number of β-amino-alcohol motifs (C(OH)–C–C–N with tert-alkyl or cyclic N) is 2. The quantitative estimate of drug-likeness (QED) is 0.618. The van der Waals surface area contributed by atoms with E-state index < -0.39 is 22.2 Å². The summed E-state index contributed by atoms with van der Waals surface area (Å²) in [5.41, 5.74) is 6.57. The largest absolute Gasteiger partial charge is 0.398 e. The number of aliphatic hydroxyl groups excluding tert-OH is 2. The highest BCUT2D eigenvalue weighted by atomic mass is 32.2. The van der Waals surface area contributed by atoms with Crippen LogP contribution < -0.4 is 5.73 Å². The van der Waals surface area contributed by atoms with Gasteiger partial charge in [-0.15, -0.1) is 0 Å². The number of hydrogen-bond donors (Lipinski definition) is 3. The van der Waals surface area contributed by atoms with Crippen molar-refractivity contribution in [3.05, 3.63) is 23.8 Å². The molecule has 2 atom stereocenters. The zero-order valence-corrected chi connectivity index (χ0v) is 10.8. The Hall–Kier alpha value is -1.15. The van der Waals surface area contributed by atoms with Crippen LogP contribution in [0.1, 0.15) is 5.56 Å². The molecule has 2 rings (SSSR count). The molecule has 0 saturated carbocycles. The summed E-state index contributed by atoms with van der Waals surface area (Å²) in [6.07, 6.45) is -2.08. The predicted octanol–water partition coefficient (Wildman–Crippen LogP) is -0.697. The van der Waals surface area contributed by atoms with Crippen LogP contribution in [0.4, 0.5) is 5.69 Å². The van der Waals surface area contributed by atoms with Crippen molar-refractivity contribution < 1.29 is 18.6 Å². The second kappa shape index (κ2) is 4.51. The zero-order valence-electron chi connectivity index (χ0n) is 9.94. The number of rotatable bonds is 2. The van der Waals surface area contributed by atoms with Gasteiger partial charge in [0.15, 0.2) is 0 Å². The van der Waals surface area contributed by atoms with Gasteiger partial charge in [-0.1, -0.05) is 6.07 Å². The van der Waals surface area contributed by atoms with E-state index in [1.54, 1.807) is 19.1 Å². The summed E-state index contributed by atoms with van der Waals surface area (Å²) in [5, 5.41) is 18.8. The Morgan fingerprint density at radius 3 is 2.39 bits per heavy atom. The Kier molecular flexibility index (Phi) is 3.33. The van der Waals surface area contributed by atoms with E-state index in [4.69, 9.17) is 5.73 Å². The Morgan fingerprint density at radius 2 is 1.83 bits per heavy atom. The van der Waals surface area contributed by atoms with E-state index in [2.05, 4.69) is 0 Å². The lowest BCUT2D eigenvalue weighted by Crippen LogP contribution is -2.30. The van der Waals surface area contributed by atoms with E-state index >= 15 is 0 Å². The number of sulfonamides is 1. The summed E-state index contributed by atoms with van der Waals surface area (Å²) in [6.45, 7) is 1.43. The van der Waals surface area contributed by atoms with Crippen molar-refractivity contribution in [2.24, 2.45) is 0 Å². The number of nitrogens with zero attached hydrogens (tertiary/aromatic N) is 1. The third-order valence-electron chi connectivity index (χ3n) is 3.17. The first kappa shape index (κ1) is 13.3. The summed E-state index contributed by atoms with van der Waals surface area (Å²) >= 11 is 0. The maximum atomic E-state index is 12.3. The second-order valence-electron chi connectivity index (χ2n) is 4.43. The van der Waals surface area contributed by atoms with Crippen LogP contribution in [0.15, 0.2) is 23.1 Å². The van der Waals surface area contributed by atoms with Gasteiger partial charge in [0.05, 0.1) is 17.1 Å². The SMILES string of the molecule is Cc1c(N)cccc1S(=O)(=O)N1CC(O)C(O)C1. The molecule has 18 heavy (non-hydrogen) atoms. The monoisotopic (exact) mass is 272 g/mol. The highest BCUT2D eigenvalue weighted by Crippen LogP contribution is 2.26. The average Bonchev–Trinajstić information content (AvgIpc) is 2.63. The van der Waals surface area contributed by atoms with Gasteiger partial charge >= 0.3 is 0 Å². The number of hydrogen-bond acceptors (Lipinski definition) is 5. The number of anilines is 1. The first-order valence-electron chi connectivity index (χ1n) is 5.55. The fourth-order valence-electron chi connectivity index (χ4n) is 1.98. The summed E-state index contributed by atoms with van der Waals surface area (Å²) < 4.78 is 25.8. The fraction of sp³-hybridized carbons (Fsp3) is 0.455. The Labute approximate surface area is 106 Å². The first-order valence-corrected chi connectivity index (χ1v) is 6.99. The smallest absolute Gasteiger partial charge is 0.243 e. The van der Waals surface area contributed by atoms with E-state index in [0.717, 1.165) is 4.31 Å². The molecule has 6 nitrogen and oxygen atoms in total. The van der Waals surface area contributed by atoms with Gasteiger partial charge in [-0.25, -0.2) is 8.42 Å². The minimum absolute atomic E-state index is 0.0995. The zero-order chi connectivity index (χ0) is 13.5. The minimum Gasteiger partial charge on any atom is -0.398 e. The number of nitrogen functional groups attached to an aromatic ring is 1. The molecule has 100 valence electrons. The Morgan fingerprint density at radius 1 is 1.28 bits per heavy atom. The van der Waals surface area contributed by atoms with Gasteiger partial charge in [-0.3, -0.25) is 0 Å². The second-order valence-corrected chi connectivity index (χ2v) is 6.33. The van der Waals surface area contributed by atoms with Gasteiger partial charge in [0.25, 0.3) is 0 Å². The molecule has 0 aliphatic carbocycles. The molecule has 0 radical (unpaired) electrons. The molecule has 0 aromatic heterocycles. The molecule has 2 unspecified atom stereocenters. The van der Waals surface area contributed by atoms with Crippen LogP contribution in [-0.4, -0.2) is 48.2 Å². The average molecular weight is 272 g/mol. The van der Waals surface area contributed by atoms with E-state index in [1.807, 2.05) is 0 Å². The van der Waals surface area contributed by atoms with E-state index in [9.17, 15) is 18.6 Å². The van der Waals surface area contributed by atoms with Crippen molar-refractivity contribution in [2.75, 3.05) is 18.8 Å². The molecule has 1 aliphatic heterocycles. The normalized spacial score (nSPS) is 25.5. The summed E-state index contributed by atoms with van der Waals surface area (Å²) in [5.74, 6) is 0. The van der Waals surface area contributed by atoms with Crippen LogP contribution in [0.25, 0.3) is 0 Å². The lowest BCUT2D eigenvalue weighted by atomic mass is 10.2. The highest BCUT2D eigenvalue weighted by molar-refractivity contribution is 7.89. The molecule has 0 bridgehead atoms. The van der Waals surface area contributed by atoms with Gasteiger partial charge < -0.3 is 15.9 Å². The standard InChI is InChI=1S/C11H16N2O4S/c1-7-8(12)3-2-4-11(7)18(16,17)13-5-9(14)10(15)6-13/h2-4,9-10,14-15H,5-6,12H2,1H3. The maximum absolute atomic E-state index is 12.3. The summed E-state index contributed by atoms with van der Waals surface area (Å²) in [7, 11) is -3.72. The number of nitrogens with two attached hydrogens (primary N) is 1. The van der Waals surface area contributed by atoms with Crippen LogP contribution >= 0.6 is 0 Å². The van der Waals surface area contributed by atoms with E-state index in [0.29, 0.717) is 11.3 Å². The maximum Gasteiger partial charge on any atom is 0.243 e. The van der Waals surface area contributed by atoms with Gasteiger partial charge in [0.2, 0.25) is 10.0 Å². The first-order chi connectivity index (χ1) is 8.34. The molecule has 1 aromatic carbocycles. The molecule has 1 fully saturated rings. The molecule has 1 aromatic rings. The molecule has 1 aliphatic rings. The molecule has 4 N–H and O–H groups in total. The minimum atomic E-state index is -3.72. The lowest BCUT2D eigenvalue weighted by Gasteiger charge is -2.17. The molecular formula is C11H16N2O4S. The molecule has 1 heterocycles. The summed E-state index contributed by atoms with van der Waals surface area (Å²) in [4.78, 5) is 0.115. The number of aliphatic hydroxyl groups is 2. The van der Waals surface area contributed by atoms with E-state index in [1.165, 1.54) is 6.07 Å². The van der Waals surface area contributed by atoms with Gasteiger partial charge in [0.1, 0.15) is 0 Å². The highest BCUT2D eigenvalue weighted by Gasteiger charge is 2.38. The van der Waals surface area contributed by atoms with Crippen molar-refractivity contribution in [1.29, 1.82) is 0 Å². The summed E-state index contributed by atoms with van der Waals surface area (Å²) in [6, 6.07) is 4.66. The van der Waals surface area contributed by atoms with Gasteiger partial charge in [-0.05, 0) is 24.6 Å². The molecule has 0 spiro atoms. The van der Waals surface area contributed by atoms with Crippen LogP contribution in [0.3, 0.4) is 0 Å². The molecule has 0 amide bonds. The third kappa shape index (κ3) is 2.10. The Bertz CT molecular complexity index is 548. The molecular weight excluding hydrogens is 256 g/mol. The van der Waals surface area contributed by atoms with Gasteiger partial charge in [-0.2, -0.15) is 4.31 Å². The van der Waals surface area contributed by atoms with Crippen LogP contribution in [0.2, 0.25) is 0 Å².